The maximum atomic E-state index is 9.95. The highest BCUT2D eigenvalue weighted by Crippen LogP contribution is 2.14. The topological polar surface area (TPSA) is 69.4 Å². The first-order valence-electron chi connectivity index (χ1n) is 3.49. The van der Waals surface area contributed by atoms with E-state index in [0.717, 1.165) is 0 Å². The zero-order valence-electron chi connectivity index (χ0n) is 6.23. The van der Waals surface area contributed by atoms with Crippen molar-refractivity contribution >= 4 is 12.0 Å². The number of carbonyl (C=O) groups excluding carboxylic acids is 1. The van der Waals surface area contributed by atoms with Crippen LogP contribution < -0.4 is 0 Å². The molecule has 6 nitrogen and oxygen atoms in total. The summed E-state index contributed by atoms with van der Waals surface area (Å²) in [6.45, 7) is 1.68. The van der Waals surface area contributed by atoms with Gasteiger partial charge in [-0.05, 0) is 0 Å². The Balaban J connectivity index is 2.44. The van der Waals surface area contributed by atoms with Crippen LogP contribution in [-0.2, 0) is 22.7 Å². The molecule has 62 valence electrons. The number of fused-ring (bicyclic) bond motifs is 1. The number of rotatable bonds is 1. The van der Waals surface area contributed by atoms with Gasteiger partial charge in [-0.25, -0.2) is 4.79 Å². The third-order valence-corrected chi connectivity index (χ3v) is 1.64. The van der Waals surface area contributed by atoms with E-state index in [4.69, 9.17) is 4.74 Å². The molecule has 0 fully saturated rings. The van der Waals surface area contributed by atoms with E-state index in [0.29, 0.717) is 31.5 Å². The lowest BCUT2D eigenvalue weighted by Crippen LogP contribution is -2.16. The van der Waals surface area contributed by atoms with Gasteiger partial charge in [-0.2, -0.15) is 0 Å². The smallest absolute Gasteiger partial charge is 0.261 e. The Labute approximate surface area is 67.9 Å². The van der Waals surface area contributed by atoms with Crippen molar-refractivity contribution in [3.63, 3.8) is 0 Å². The highest BCUT2D eigenvalue weighted by molar-refractivity contribution is 5.41. The van der Waals surface area contributed by atoms with Gasteiger partial charge in [0, 0.05) is 0 Å². The Bertz CT molecular complexity index is 339. The largest absolute Gasteiger partial charge is 0.372 e. The number of isocyanates is 1. The number of hydrogen-bond acceptors (Lipinski definition) is 5. The van der Waals surface area contributed by atoms with Gasteiger partial charge in [0.15, 0.2) is 5.82 Å². The molecular weight excluding hydrogens is 160 g/mol. The molecule has 0 spiro atoms. The summed E-state index contributed by atoms with van der Waals surface area (Å²) in [6.07, 6.45) is 1.43. The van der Waals surface area contributed by atoms with Gasteiger partial charge in [0.05, 0.1) is 13.2 Å². The molecule has 0 aromatic carbocycles. The first kappa shape index (κ1) is 7.15. The minimum atomic E-state index is 0.309. The van der Waals surface area contributed by atoms with E-state index in [2.05, 4.69) is 15.2 Å². The maximum Gasteiger partial charge on any atom is 0.261 e. The van der Waals surface area contributed by atoms with Crippen molar-refractivity contribution < 1.29 is 9.53 Å². The monoisotopic (exact) mass is 166 g/mol. The van der Waals surface area contributed by atoms with Crippen LogP contribution in [0.2, 0.25) is 0 Å². The van der Waals surface area contributed by atoms with Crippen LogP contribution >= 0.6 is 0 Å². The Morgan fingerprint density at radius 2 is 2.50 bits per heavy atom. The molecule has 0 unspecified atom stereocenters. The lowest BCUT2D eigenvalue weighted by Gasteiger charge is -2.12. The highest BCUT2D eigenvalue weighted by Gasteiger charge is 2.14. The molecule has 0 aliphatic carbocycles. The summed E-state index contributed by atoms with van der Waals surface area (Å²) in [5.41, 5.74) is 0. The number of nitrogens with zero attached hydrogens (tertiary/aromatic N) is 4. The van der Waals surface area contributed by atoms with Gasteiger partial charge in [0.1, 0.15) is 6.61 Å². The average Bonchev–Trinajstić information content (AvgIpc) is 2.50. The SMILES string of the molecule is O=C=Nc1nnc2n1CCOC2. The molecule has 2 heterocycles. The van der Waals surface area contributed by atoms with Crippen molar-refractivity contribution in [3.05, 3.63) is 5.82 Å². The van der Waals surface area contributed by atoms with Crippen LogP contribution in [0.3, 0.4) is 0 Å². The van der Waals surface area contributed by atoms with E-state index < -0.39 is 0 Å². The molecule has 0 saturated carbocycles. The number of aromatic nitrogens is 3. The molecule has 1 aromatic heterocycles. The van der Waals surface area contributed by atoms with Crippen LogP contribution in [0.15, 0.2) is 4.99 Å². The zero-order valence-corrected chi connectivity index (χ0v) is 6.23. The minimum Gasteiger partial charge on any atom is -0.372 e. The van der Waals surface area contributed by atoms with Crippen LogP contribution in [0.1, 0.15) is 5.82 Å². The van der Waals surface area contributed by atoms with Crippen molar-refractivity contribution in [2.24, 2.45) is 4.99 Å². The number of hydrogen-bond donors (Lipinski definition) is 0. The van der Waals surface area contributed by atoms with E-state index in [-0.39, 0.29) is 0 Å². The third-order valence-electron chi connectivity index (χ3n) is 1.64. The predicted molar refractivity (Wildman–Crippen MR) is 37.5 cm³/mol. The molecule has 1 aromatic rings. The minimum absolute atomic E-state index is 0.309. The van der Waals surface area contributed by atoms with Crippen molar-refractivity contribution in [2.45, 2.75) is 13.2 Å². The summed E-state index contributed by atoms with van der Waals surface area (Å²) in [6, 6.07) is 0. The fourth-order valence-corrected chi connectivity index (χ4v) is 1.10. The molecule has 0 amide bonds. The molecule has 1 aliphatic rings. The molecular formula is C6H6N4O2. The summed E-state index contributed by atoms with van der Waals surface area (Å²) in [7, 11) is 0. The molecule has 0 bridgehead atoms. The fraction of sp³-hybridized carbons (Fsp3) is 0.500. The fourth-order valence-electron chi connectivity index (χ4n) is 1.10. The first-order chi connectivity index (χ1) is 5.92. The second-order valence-corrected chi connectivity index (χ2v) is 2.32. The van der Waals surface area contributed by atoms with Crippen molar-refractivity contribution in [3.8, 4) is 0 Å². The van der Waals surface area contributed by atoms with Gasteiger partial charge in [0.25, 0.3) is 5.95 Å². The number of aliphatic imine (C=N–C) groups is 1. The van der Waals surface area contributed by atoms with E-state index in [1.807, 2.05) is 0 Å². The van der Waals surface area contributed by atoms with Crippen LogP contribution in [-0.4, -0.2) is 27.5 Å². The van der Waals surface area contributed by atoms with Crippen LogP contribution in [0.4, 0.5) is 5.95 Å². The van der Waals surface area contributed by atoms with E-state index >= 15 is 0 Å². The van der Waals surface area contributed by atoms with Gasteiger partial charge < -0.3 is 4.74 Å². The van der Waals surface area contributed by atoms with Gasteiger partial charge in [-0.3, -0.25) is 4.57 Å². The quantitative estimate of drug-likeness (QED) is 0.427. The van der Waals surface area contributed by atoms with Crippen LogP contribution in [0.5, 0.6) is 0 Å². The van der Waals surface area contributed by atoms with E-state index in [1.54, 1.807) is 4.57 Å². The lowest BCUT2D eigenvalue weighted by molar-refractivity contribution is 0.0821. The Hall–Kier alpha value is -1.52. The predicted octanol–water partition coefficient (Wildman–Crippen LogP) is -0.224. The summed E-state index contributed by atoms with van der Waals surface area (Å²) >= 11 is 0. The Morgan fingerprint density at radius 1 is 1.58 bits per heavy atom. The second-order valence-electron chi connectivity index (χ2n) is 2.32. The average molecular weight is 166 g/mol. The van der Waals surface area contributed by atoms with Gasteiger partial charge >= 0.3 is 0 Å². The standard InChI is InChI=1S/C6H6N4O2/c11-4-7-6-9-8-5-3-12-2-1-10(5)6/h1-3H2. The molecule has 0 radical (unpaired) electrons. The van der Waals surface area contributed by atoms with Gasteiger partial charge in [0.2, 0.25) is 6.08 Å². The van der Waals surface area contributed by atoms with Gasteiger partial charge in [-0.15, -0.1) is 15.2 Å². The summed E-state index contributed by atoms with van der Waals surface area (Å²) in [4.78, 5) is 13.4. The lowest BCUT2D eigenvalue weighted by atomic mass is 10.5. The van der Waals surface area contributed by atoms with Crippen molar-refractivity contribution in [1.82, 2.24) is 14.8 Å². The Morgan fingerprint density at radius 3 is 3.33 bits per heavy atom. The van der Waals surface area contributed by atoms with E-state index in [1.165, 1.54) is 6.08 Å². The summed E-state index contributed by atoms with van der Waals surface area (Å²) < 4.78 is 6.87. The van der Waals surface area contributed by atoms with Crippen LogP contribution in [0.25, 0.3) is 0 Å². The zero-order chi connectivity index (χ0) is 8.39. The highest BCUT2D eigenvalue weighted by atomic mass is 16.5. The summed E-state index contributed by atoms with van der Waals surface area (Å²) in [5.74, 6) is 1.01. The molecule has 2 rings (SSSR count). The molecule has 0 atom stereocenters. The third kappa shape index (κ3) is 1.03. The second kappa shape index (κ2) is 2.84. The van der Waals surface area contributed by atoms with Crippen LogP contribution in [0, 0.1) is 0 Å². The van der Waals surface area contributed by atoms with Crippen molar-refractivity contribution in [2.75, 3.05) is 6.61 Å². The molecule has 0 N–H and O–H groups in total. The van der Waals surface area contributed by atoms with Gasteiger partial charge in [-0.1, -0.05) is 0 Å². The molecule has 12 heavy (non-hydrogen) atoms. The summed E-state index contributed by atoms with van der Waals surface area (Å²) in [5, 5.41) is 7.48. The molecule has 6 heteroatoms. The molecule has 1 aliphatic heterocycles. The van der Waals surface area contributed by atoms with E-state index in [9.17, 15) is 4.79 Å². The molecule has 0 saturated heterocycles. The normalized spacial score (nSPS) is 15.0. The maximum absolute atomic E-state index is 9.95. The van der Waals surface area contributed by atoms with Crippen molar-refractivity contribution in [1.29, 1.82) is 0 Å². The first-order valence-corrected chi connectivity index (χ1v) is 3.49. The number of ether oxygens (including phenoxy) is 1. The Kier molecular flexibility index (Phi) is 1.69.